The second kappa shape index (κ2) is 5.28. The number of carbonyl (C=O) groups excluding carboxylic acids is 2. The van der Waals surface area contributed by atoms with Crippen LogP contribution in [0.1, 0.15) is 31.7 Å². The lowest BCUT2D eigenvalue weighted by molar-refractivity contribution is -0.122. The number of hydrogen-bond donors (Lipinski definition) is 0. The minimum atomic E-state index is -0.642. The number of isocyanates is 1. The van der Waals surface area contributed by atoms with E-state index in [1.54, 1.807) is 6.08 Å². The maximum Gasteiger partial charge on any atom is 0.235 e. The first kappa shape index (κ1) is 12.7. The molecule has 0 saturated heterocycles. The lowest BCUT2D eigenvalue weighted by Gasteiger charge is -2.29. The second-order valence-corrected chi connectivity index (χ2v) is 5.13. The lowest BCUT2D eigenvalue weighted by atomic mass is 9.79. The van der Waals surface area contributed by atoms with E-state index < -0.39 is 5.54 Å². The molecule has 0 spiro atoms. The van der Waals surface area contributed by atoms with Gasteiger partial charge in [0.25, 0.3) is 0 Å². The number of aliphatic imine (C=N–C) groups is 1. The minimum absolute atomic E-state index is 0.140. The van der Waals surface area contributed by atoms with Crippen LogP contribution < -0.4 is 0 Å². The molecule has 2 rings (SSSR count). The number of benzene rings is 1. The molecule has 2 atom stereocenters. The fourth-order valence-corrected chi connectivity index (χ4v) is 2.83. The Hall–Kier alpha value is -1.73. The Kier molecular flexibility index (Phi) is 3.73. The fraction of sp³-hybridized carbons (Fsp3) is 0.467. The SMILES string of the molecule is CC(Cc1ccccc1)(N=C=O)C1CCCC1=O. The molecule has 1 aliphatic carbocycles. The molecule has 1 saturated carbocycles. The van der Waals surface area contributed by atoms with E-state index in [0.717, 1.165) is 18.4 Å². The van der Waals surface area contributed by atoms with E-state index in [2.05, 4.69) is 4.99 Å². The Morgan fingerprint density at radius 1 is 1.39 bits per heavy atom. The van der Waals surface area contributed by atoms with Crippen molar-refractivity contribution in [3.8, 4) is 0 Å². The molecule has 0 bridgehead atoms. The van der Waals surface area contributed by atoms with Gasteiger partial charge in [0, 0.05) is 12.3 Å². The summed E-state index contributed by atoms with van der Waals surface area (Å²) in [5.41, 5.74) is 0.454. The molecule has 0 heterocycles. The monoisotopic (exact) mass is 243 g/mol. The third-order valence-corrected chi connectivity index (χ3v) is 3.76. The Morgan fingerprint density at radius 2 is 2.11 bits per heavy atom. The van der Waals surface area contributed by atoms with Crippen molar-refractivity contribution in [1.29, 1.82) is 0 Å². The van der Waals surface area contributed by atoms with Crippen molar-refractivity contribution in [2.24, 2.45) is 10.9 Å². The fourth-order valence-electron chi connectivity index (χ4n) is 2.83. The summed E-state index contributed by atoms with van der Waals surface area (Å²) in [4.78, 5) is 26.5. The van der Waals surface area contributed by atoms with Crippen LogP contribution in [0.15, 0.2) is 35.3 Å². The third-order valence-electron chi connectivity index (χ3n) is 3.76. The standard InChI is InChI=1S/C15H17NO2/c1-15(16-11-17,13-8-5-9-14(13)18)10-12-6-3-2-4-7-12/h2-4,6-7,13H,5,8-10H2,1H3. The molecule has 94 valence electrons. The molecule has 0 amide bonds. The van der Waals surface area contributed by atoms with Crippen LogP contribution in [0.5, 0.6) is 0 Å². The summed E-state index contributed by atoms with van der Waals surface area (Å²) in [7, 11) is 0. The largest absolute Gasteiger partial charge is 0.299 e. The topological polar surface area (TPSA) is 46.5 Å². The van der Waals surface area contributed by atoms with Crippen LogP contribution in [-0.2, 0) is 16.0 Å². The van der Waals surface area contributed by atoms with Crippen LogP contribution >= 0.6 is 0 Å². The predicted molar refractivity (Wildman–Crippen MR) is 69.0 cm³/mol. The van der Waals surface area contributed by atoms with Gasteiger partial charge in [-0.1, -0.05) is 30.3 Å². The van der Waals surface area contributed by atoms with Crippen LogP contribution in [0.3, 0.4) is 0 Å². The second-order valence-electron chi connectivity index (χ2n) is 5.13. The van der Waals surface area contributed by atoms with E-state index in [1.807, 2.05) is 37.3 Å². The summed E-state index contributed by atoms with van der Waals surface area (Å²) in [5, 5.41) is 0. The molecule has 18 heavy (non-hydrogen) atoms. The van der Waals surface area contributed by atoms with Gasteiger partial charge in [-0.3, -0.25) is 4.79 Å². The van der Waals surface area contributed by atoms with Crippen LogP contribution in [0, 0.1) is 5.92 Å². The summed E-state index contributed by atoms with van der Waals surface area (Å²) in [6, 6.07) is 9.86. The van der Waals surface area contributed by atoms with Gasteiger partial charge in [-0.05, 0) is 31.7 Å². The maximum absolute atomic E-state index is 11.9. The summed E-state index contributed by atoms with van der Waals surface area (Å²) in [6.45, 7) is 1.89. The lowest BCUT2D eigenvalue weighted by Crippen LogP contribution is -2.37. The van der Waals surface area contributed by atoms with Crippen molar-refractivity contribution < 1.29 is 9.59 Å². The highest BCUT2D eigenvalue weighted by atomic mass is 16.1. The van der Waals surface area contributed by atoms with Crippen LogP contribution in [-0.4, -0.2) is 17.4 Å². The van der Waals surface area contributed by atoms with Crippen LogP contribution in [0.25, 0.3) is 0 Å². The molecule has 2 unspecified atom stereocenters. The molecule has 1 fully saturated rings. The van der Waals surface area contributed by atoms with Crippen LogP contribution in [0.2, 0.25) is 0 Å². The predicted octanol–water partition coefficient (Wildman–Crippen LogP) is 2.69. The average Bonchev–Trinajstić information content (AvgIpc) is 2.78. The van der Waals surface area contributed by atoms with Crippen molar-refractivity contribution in [3.05, 3.63) is 35.9 Å². The first-order chi connectivity index (χ1) is 8.65. The highest BCUT2D eigenvalue weighted by molar-refractivity contribution is 5.84. The molecule has 0 aliphatic heterocycles. The summed E-state index contributed by atoms with van der Waals surface area (Å²) >= 11 is 0. The first-order valence-corrected chi connectivity index (χ1v) is 6.31. The summed E-state index contributed by atoms with van der Waals surface area (Å²) in [6.07, 6.45) is 4.61. The highest BCUT2D eigenvalue weighted by Crippen LogP contribution is 2.36. The highest BCUT2D eigenvalue weighted by Gasteiger charge is 2.41. The number of rotatable bonds is 4. The molecule has 1 aromatic rings. The minimum Gasteiger partial charge on any atom is -0.299 e. The van der Waals surface area contributed by atoms with Crippen LogP contribution in [0.4, 0.5) is 0 Å². The molecule has 1 aliphatic rings. The van der Waals surface area contributed by atoms with Crippen molar-refractivity contribution in [1.82, 2.24) is 0 Å². The molecular formula is C15H17NO2. The van der Waals surface area contributed by atoms with E-state index in [0.29, 0.717) is 12.8 Å². The van der Waals surface area contributed by atoms with Gasteiger partial charge in [-0.2, -0.15) is 4.99 Å². The van der Waals surface area contributed by atoms with Gasteiger partial charge in [-0.25, -0.2) is 4.79 Å². The zero-order valence-electron chi connectivity index (χ0n) is 10.6. The van der Waals surface area contributed by atoms with E-state index in [4.69, 9.17) is 0 Å². The van der Waals surface area contributed by atoms with Gasteiger partial charge in [0.2, 0.25) is 6.08 Å². The smallest absolute Gasteiger partial charge is 0.235 e. The average molecular weight is 243 g/mol. The third kappa shape index (κ3) is 2.57. The number of carbonyl (C=O) groups is 1. The molecule has 0 aromatic heterocycles. The Labute approximate surface area is 107 Å². The first-order valence-electron chi connectivity index (χ1n) is 6.31. The maximum atomic E-state index is 11.9. The molecule has 0 N–H and O–H groups in total. The van der Waals surface area contributed by atoms with E-state index in [1.165, 1.54) is 0 Å². The van der Waals surface area contributed by atoms with Crippen molar-refractivity contribution in [2.75, 3.05) is 0 Å². The Bertz CT molecular complexity index is 477. The molecule has 3 nitrogen and oxygen atoms in total. The number of ketones is 1. The van der Waals surface area contributed by atoms with Gasteiger partial charge in [-0.15, -0.1) is 0 Å². The Balaban J connectivity index is 2.26. The van der Waals surface area contributed by atoms with Gasteiger partial charge in [0.05, 0.1) is 5.54 Å². The summed E-state index contributed by atoms with van der Waals surface area (Å²) in [5.74, 6) is 0.0894. The molecule has 3 heteroatoms. The molecule has 1 aromatic carbocycles. The van der Waals surface area contributed by atoms with Gasteiger partial charge < -0.3 is 0 Å². The van der Waals surface area contributed by atoms with Gasteiger partial charge in [0.1, 0.15) is 5.78 Å². The number of nitrogens with zero attached hydrogens (tertiary/aromatic N) is 1. The van der Waals surface area contributed by atoms with Crippen molar-refractivity contribution >= 4 is 11.9 Å². The zero-order valence-corrected chi connectivity index (χ0v) is 10.6. The quantitative estimate of drug-likeness (QED) is 0.603. The normalized spacial score (nSPS) is 22.3. The van der Waals surface area contributed by atoms with E-state index in [-0.39, 0.29) is 11.7 Å². The van der Waals surface area contributed by atoms with Gasteiger partial charge in [0.15, 0.2) is 0 Å². The van der Waals surface area contributed by atoms with Gasteiger partial charge >= 0.3 is 0 Å². The molecular weight excluding hydrogens is 226 g/mol. The van der Waals surface area contributed by atoms with Crippen molar-refractivity contribution in [3.63, 3.8) is 0 Å². The summed E-state index contributed by atoms with van der Waals surface area (Å²) < 4.78 is 0. The number of hydrogen-bond acceptors (Lipinski definition) is 3. The van der Waals surface area contributed by atoms with E-state index in [9.17, 15) is 9.59 Å². The molecule has 0 radical (unpaired) electrons. The number of Topliss-reactive ketones (excluding diaryl/α,β-unsaturated/α-hetero) is 1. The van der Waals surface area contributed by atoms with E-state index >= 15 is 0 Å². The zero-order chi connectivity index (χ0) is 13.0. The van der Waals surface area contributed by atoms with Crippen molar-refractivity contribution in [2.45, 2.75) is 38.1 Å². The Morgan fingerprint density at radius 3 is 2.67 bits per heavy atom.